The molecule has 0 atom stereocenters. The molecule has 13 rings (SSSR count). The fraction of sp³-hybridized carbons (Fsp3) is 0.0526. The van der Waals surface area contributed by atoms with Crippen LogP contribution in [0.2, 0.25) is 0 Å². The third-order valence-corrected chi connectivity index (χ3v) is 14.9. The fourth-order valence-electron chi connectivity index (χ4n) is 11.4. The number of benzene rings is 9. The van der Waals surface area contributed by atoms with Gasteiger partial charge in [-0.15, -0.1) is 11.3 Å². The molecule has 9 aromatic carbocycles. The van der Waals surface area contributed by atoms with Gasteiger partial charge in [0.15, 0.2) is 0 Å². The molecule has 59 heavy (non-hydrogen) atoms. The SMILES string of the molecule is CC1(c2cc3c(cc2N(c2ccccc2)c2cccc4c2-c2ccccc2C42c4ccccc4-c4ccccc42)sc2ccccc23)c2ccccc2-c2ccccc21. The summed E-state index contributed by atoms with van der Waals surface area (Å²) < 4.78 is 2.60. The van der Waals surface area contributed by atoms with E-state index in [1.54, 1.807) is 0 Å². The minimum Gasteiger partial charge on any atom is -0.309 e. The molecule has 0 saturated carbocycles. The predicted molar refractivity (Wildman–Crippen MR) is 248 cm³/mol. The minimum absolute atomic E-state index is 0.437. The topological polar surface area (TPSA) is 3.24 Å². The predicted octanol–water partition coefficient (Wildman–Crippen LogP) is 15.2. The number of hydrogen-bond donors (Lipinski definition) is 0. The largest absolute Gasteiger partial charge is 0.309 e. The second kappa shape index (κ2) is 12.0. The van der Waals surface area contributed by atoms with Crippen molar-refractivity contribution in [3.63, 3.8) is 0 Å². The van der Waals surface area contributed by atoms with Crippen LogP contribution in [0.25, 0.3) is 53.6 Å². The zero-order valence-corrected chi connectivity index (χ0v) is 33.3. The molecule has 2 heteroatoms. The maximum absolute atomic E-state index is 2.59. The first kappa shape index (κ1) is 33.0. The van der Waals surface area contributed by atoms with E-state index in [9.17, 15) is 0 Å². The third kappa shape index (κ3) is 4.19. The molecule has 3 aliphatic carbocycles. The summed E-state index contributed by atoms with van der Waals surface area (Å²) in [5.41, 5.74) is 19.9. The average molecular weight is 768 g/mol. The maximum atomic E-state index is 2.59. The molecule has 0 unspecified atom stereocenters. The van der Waals surface area contributed by atoms with Crippen molar-refractivity contribution in [1.82, 2.24) is 0 Å². The Bertz CT molecular complexity index is 3280. The van der Waals surface area contributed by atoms with E-state index in [0.29, 0.717) is 0 Å². The maximum Gasteiger partial charge on any atom is 0.0726 e. The molecular weight excluding hydrogens is 731 g/mol. The zero-order chi connectivity index (χ0) is 38.9. The molecule has 0 aliphatic heterocycles. The van der Waals surface area contributed by atoms with E-state index in [1.165, 1.54) is 104 Å². The van der Waals surface area contributed by atoms with Crippen LogP contribution < -0.4 is 4.90 Å². The molecule has 0 saturated heterocycles. The van der Waals surface area contributed by atoms with Crippen molar-refractivity contribution in [2.45, 2.75) is 17.8 Å². The molecule has 0 radical (unpaired) electrons. The molecular formula is C57H37NS. The standard InChI is InChI=1S/C57H37NS/c1-56(44-26-11-5-20-37(44)38-21-6-12-27-45(38)56)50-34-43-41-24-10-16-33-53(41)59-54(43)35-52(50)58(36-18-3-2-4-19-36)51-32-17-31-49-55(51)42-25-9-15-30-48(42)57(49)46-28-13-7-22-39(46)40-23-8-14-29-47(40)57/h2-35H,1H3. The number of rotatable bonds is 4. The summed E-state index contributed by atoms with van der Waals surface area (Å²) in [5, 5.41) is 2.62. The molecule has 1 nitrogen and oxygen atoms in total. The summed E-state index contributed by atoms with van der Waals surface area (Å²) in [4.78, 5) is 2.59. The van der Waals surface area contributed by atoms with E-state index in [0.717, 1.165) is 5.69 Å². The Balaban J connectivity index is 1.17. The van der Waals surface area contributed by atoms with Crippen molar-refractivity contribution in [3.8, 4) is 33.4 Å². The van der Waals surface area contributed by atoms with Gasteiger partial charge < -0.3 is 4.90 Å². The first-order chi connectivity index (χ1) is 29.2. The van der Waals surface area contributed by atoms with Crippen LogP contribution in [0.5, 0.6) is 0 Å². The van der Waals surface area contributed by atoms with Gasteiger partial charge in [-0.1, -0.05) is 170 Å². The van der Waals surface area contributed by atoms with Gasteiger partial charge in [0.05, 0.1) is 16.8 Å². The highest BCUT2D eigenvalue weighted by Crippen LogP contribution is 2.65. The van der Waals surface area contributed by atoms with Crippen LogP contribution in [0.4, 0.5) is 17.1 Å². The molecule has 0 amide bonds. The lowest BCUT2D eigenvalue weighted by molar-refractivity contribution is 0.715. The number of para-hydroxylation sites is 1. The summed E-state index contributed by atoms with van der Waals surface area (Å²) in [6.45, 7) is 2.46. The second-order valence-corrected chi connectivity index (χ2v) is 17.5. The van der Waals surface area contributed by atoms with Crippen LogP contribution in [0.1, 0.15) is 45.9 Å². The van der Waals surface area contributed by atoms with Crippen molar-refractivity contribution in [2.75, 3.05) is 4.90 Å². The molecule has 0 N–H and O–H groups in total. The Labute approximate surface area is 348 Å². The van der Waals surface area contributed by atoms with Gasteiger partial charge in [0.1, 0.15) is 0 Å². The Kier molecular flexibility index (Phi) is 6.73. The van der Waals surface area contributed by atoms with Gasteiger partial charge in [-0.2, -0.15) is 0 Å². The quantitative estimate of drug-likeness (QED) is 0.172. The van der Waals surface area contributed by atoms with Crippen LogP contribution in [-0.2, 0) is 10.8 Å². The number of nitrogens with zero attached hydrogens (tertiary/aromatic N) is 1. The van der Waals surface area contributed by atoms with Gasteiger partial charge in [0.25, 0.3) is 0 Å². The van der Waals surface area contributed by atoms with E-state index in [-0.39, 0.29) is 0 Å². The third-order valence-electron chi connectivity index (χ3n) is 13.8. The monoisotopic (exact) mass is 767 g/mol. The zero-order valence-electron chi connectivity index (χ0n) is 32.5. The highest BCUT2D eigenvalue weighted by atomic mass is 32.1. The number of fused-ring (bicyclic) bond motifs is 16. The van der Waals surface area contributed by atoms with Crippen LogP contribution in [0.3, 0.4) is 0 Å². The first-order valence-corrected chi connectivity index (χ1v) is 21.4. The lowest BCUT2D eigenvalue weighted by Gasteiger charge is -2.36. The lowest BCUT2D eigenvalue weighted by atomic mass is 9.70. The van der Waals surface area contributed by atoms with Crippen molar-refractivity contribution in [3.05, 3.63) is 245 Å². The summed E-state index contributed by atoms with van der Waals surface area (Å²) in [6.07, 6.45) is 0. The van der Waals surface area contributed by atoms with Crippen LogP contribution >= 0.6 is 11.3 Å². The summed E-state index contributed by atoms with van der Waals surface area (Å²) in [7, 11) is 0. The summed E-state index contributed by atoms with van der Waals surface area (Å²) in [5.74, 6) is 0. The molecule has 10 aromatic rings. The summed E-state index contributed by atoms with van der Waals surface area (Å²) in [6, 6.07) is 77.6. The minimum atomic E-state index is -0.439. The summed E-state index contributed by atoms with van der Waals surface area (Å²) >= 11 is 1.89. The Hall–Kier alpha value is -7.00. The van der Waals surface area contributed by atoms with Gasteiger partial charge in [-0.3, -0.25) is 0 Å². The van der Waals surface area contributed by atoms with Crippen LogP contribution in [0.15, 0.2) is 206 Å². The second-order valence-electron chi connectivity index (χ2n) is 16.4. The fourth-order valence-corrected chi connectivity index (χ4v) is 12.5. The average Bonchev–Trinajstić information content (AvgIpc) is 4.00. The van der Waals surface area contributed by atoms with E-state index < -0.39 is 10.8 Å². The van der Waals surface area contributed by atoms with Gasteiger partial charge in [0, 0.05) is 36.8 Å². The lowest BCUT2D eigenvalue weighted by Crippen LogP contribution is -2.27. The first-order valence-electron chi connectivity index (χ1n) is 20.6. The normalized spacial score (nSPS) is 14.5. The number of anilines is 3. The van der Waals surface area contributed by atoms with Crippen LogP contribution in [-0.4, -0.2) is 0 Å². The Morgan fingerprint density at radius 3 is 1.49 bits per heavy atom. The van der Waals surface area contributed by atoms with Crippen molar-refractivity contribution < 1.29 is 0 Å². The molecule has 0 fully saturated rings. The molecule has 0 bridgehead atoms. The van der Waals surface area contributed by atoms with E-state index >= 15 is 0 Å². The Morgan fingerprint density at radius 1 is 0.356 bits per heavy atom. The molecule has 3 aliphatic rings. The van der Waals surface area contributed by atoms with Gasteiger partial charge in [-0.05, 0) is 110 Å². The highest BCUT2D eigenvalue weighted by Gasteiger charge is 2.52. The van der Waals surface area contributed by atoms with Crippen LogP contribution in [0, 0.1) is 0 Å². The molecule has 1 heterocycles. The van der Waals surface area contributed by atoms with E-state index in [2.05, 4.69) is 218 Å². The van der Waals surface area contributed by atoms with Crippen molar-refractivity contribution in [1.29, 1.82) is 0 Å². The Morgan fingerprint density at radius 2 is 0.847 bits per heavy atom. The van der Waals surface area contributed by atoms with E-state index in [1.807, 2.05) is 11.3 Å². The van der Waals surface area contributed by atoms with Crippen molar-refractivity contribution in [2.24, 2.45) is 0 Å². The van der Waals surface area contributed by atoms with Gasteiger partial charge >= 0.3 is 0 Å². The number of thiophene rings is 1. The van der Waals surface area contributed by atoms with Gasteiger partial charge in [-0.25, -0.2) is 0 Å². The number of hydrogen-bond acceptors (Lipinski definition) is 2. The highest BCUT2D eigenvalue weighted by molar-refractivity contribution is 7.25. The molecule has 1 aromatic heterocycles. The van der Waals surface area contributed by atoms with E-state index in [4.69, 9.17) is 0 Å². The van der Waals surface area contributed by atoms with Crippen molar-refractivity contribution >= 4 is 48.6 Å². The molecule has 1 spiro atoms. The molecule has 276 valence electrons. The smallest absolute Gasteiger partial charge is 0.0726 e. The van der Waals surface area contributed by atoms with Gasteiger partial charge in [0.2, 0.25) is 0 Å².